The minimum Gasteiger partial charge on any atom is -0.466 e. The Kier molecular flexibility index (Phi) is 6.96. The van der Waals surface area contributed by atoms with Crippen LogP contribution in [0.25, 0.3) is 0 Å². The van der Waals surface area contributed by atoms with Crippen molar-refractivity contribution in [3.05, 3.63) is 0 Å². The Balaban J connectivity index is 3.46. The number of esters is 1. The molecule has 0 rings (SSSR count). The predicted octanol–water partition coefficient (Wildman–Crippen LogP) is -0.808. The zero-order valence-electron chi connectivity index (χ0n) is 8.96. The fourth-order valence-corrected chi connectivity index (χ4v) is 0.804. The molecule has 2 amide bonds. The maximum Gasteiger partial charge on any atom is 0.307 e. The molecule has 0 aromatic rings. The van der Waals surface area contributed by atoms with Crippen molar-refractivity contribution >= 4 is 17.8 Å². The maximum atomic E-state index is 11.0. The largest absolute Gasteiger partial charge is 0.466 e. The van der Waals surface area contributed by atoms with Crippen LogP contribution in [0.1, 0.15) is 20.3 Å². The van der Waals surface area contributed by atoms with Gasteiger partial charge in [0.2, 0.25) is 11.8 Å². The highest BCUT2D eigenvalue weighted by Gasteiger charge is 2.04. The quantitative estimate of drug-likeness (QED) is 0.569. The van der Waals surface area contributed by atoms with Crippen LogP contribution in [-0.2, 0) is 19.1 Å². The fraction of sp³-hybridized carbons (Fsp3) is 0.667. The molecule has 6 nitrogen and oxygen atoms in total. The summed E-state index contributed by atoms with van der Waals surface area (Å²) in [5, 5.41) is 4.81. The smallest absolute Gasteiger partial charge is 0.307 e. The van der Waals surface area contributed by atoms with Gasteiger partial charge in [0.25, 0.3) is 0 Å². The van der Waals surface area contributed by atoms with E-state index in [1.54, 1.807) is 6.92 Å². The second-order valence-corrected chi connectivity index (χ2v) is 2.81. The van der Waals surface area contributed by atoms with E-state index in [1.165, 1.54) is 6.92 Å². The van der Waals surface area contributed by atoms with Crippen molar-refractivity contribution in [3.8, 4) is 0 Å². The van der Waals surface area contributed by atoms with Crippen LogP contribution in [0.3, 0.4) is 0 Å². The van der Waals surface area contributed by atoms with Crippen LogP contribution < -0.4 is 10.6 Å². The van der Waals surface area contributed by atoms with Crippen LogP contribution in [-0.4, -0.2) is 37.5 Å². The molecule has 0 radical (unpaired) electrons. The SMILES string of the molecule is CCOC(=O)CCNC(=O)CNC(C)=O. The highest BCUT2D eigenvalue weighted by molar-refractivity contribution is 5.83. The molecule has 0 aromatic carbocycles. The molecular weight excluding hydrogens is 200 g/mol. The summed E-state index contributed by atoms with van der Waals surface area (Å²) in [6, 6.07) is 0. The molecule has 0 aromatic heterocycles. The Hall–Kier alpha value is -1.59. The average Bonchev–Trinajstić information content (AvgIpc) is 2.15. The Morgan fingerprint density at radius 1 is 1.20 bits per heavy atom. The second kappa shape index (κ2) is 7.78. The van der Waals surface area contributed by atoms with Crippen LogP contribution in [0.2, 0.25) is 0 Å². The van der Waals surface area contributed by atoms with E-state index in [0.717, 1.165) is 0 Å². The Morgan fingerprint density at radius 3 is 2.40 bits per heavy atom. The van der Waals surface area contributed by atoms with E-state index in [4.69, 9.17) is 0 Å². The van der Waals surface area contributed by atoms with E-state index in [9.17, 15) is 14.4 Å². The number of hydrogen-bond donors (Lipinski definition) is 2. The first-order valence-corrected chi connectivity index (χ1v) is 4.73. The summed E-state index contributed by atoms with van der Waals surface area (Å²) in [7, 11) is 0. The van der Waals surface area contributed by atoms with Crippen LogP contribution in [0.4, 0.5) is 0 Å². The van der Waals surface area contributed by atoms with E-state index in [0.29, 0.717) is 6.61 Å². The Bertz CT molecular complexity index is 240. The minimum atomic E-state index is -0.350. The second-order valence-electron chi connectivity index (χ2n) is 2.81. The van der Waals surface area contributed by atoms with Crippen molar-refractivity contribution in [2.75, 3.05) is 19.7 Å². The van der Waals surface area contributed by atoms with Gasteiger partial charge >= 0.3 is 5.97 Å². The van der Waals surface area contributed by atoms with Crippen molar-refractivity contribution in [2.24, 2.45) is 0 Å². The molecule has 15 heavy (non-hydrogen) atoms. The zero-order chi connectivity index (χ0) is 11.7. The van der Waals surface area contributed by atoms with Crippen molar-refractivity contribution in [2.45, 2.75) is 20.3 Å². The molecule has 0 bridgehead atoms. The van der Waals surface area contributed by atoms with Crippen molar-refractivity contribution < 1.29 is 19.1 Å². The lowest BCUT2D eigenvalue weighted by atomic mass is 10.4. The number of rotatable bonds is 6. The van der Waals surface area contributed by atoms with E-state index in [-0.39, 0.29) is 37.3 Å². The monoisotopic (exact) mass is 216 g/mol. The molecule has 0 heterocycles. The third-order valence-electron chi connectivity index (χ3n) is 1.45. The van der Waals surface area contributed by atoms with Gasteiger partial charge in [-0.05, 0) is 6.92 Å². The molecule has 0 fully saturated rings. The maximum absolute atomic E-state index is 11.0. The number of nitrogens with one attached hydrogen (secondary N) is 2. The molecule has 0 aliphatic rings. The summed E-state index contributed by atoms with van der Waals surface area (Å²) in [4.78, 5) is 32.3. The lowest BCUT2D eigenvalue weighted by molar-refractivity contribution is -0.143. The first-order chi connectivity index (χ1) is 7.06. The highest BCUT2D eigenvalue weighted by Crippen LogP contribution is 1.83. The predicted molar refractivity (Wildman–Crippen MR) is 52.9 cm³/mol. The summed E-state index contributed by atoms with van der Waals surface area (Å²) >= 11 is 0. The van der Waals surface area contributed by atoms with Crippen molar-refractivity contribution in [1.82, 2.24) is 10.6 Å². The molecule has 86 valence electrons. The number of carbonyl (C=O) groups excluding carboxylic acids is 3. The van der Waals surface area contributed by atoms with Gasteiger partial charge in [0.15, 0.2) is 0 Å². The molecule has 0 unspecified atom stereocenters. The van der Waals surface area contributed by atoms with Crippen LogP contribution >= 0.6 is 0 Å². The van der Waals surface area contributed by atoms with Crippen molar-refractivity contribution in [1.29, 1.82) is 0 Å². The average molecular weight is 216 g/mol. The van der Waals surface area contributed by atoms with Gasteiger partial charge in [0, 0.05) is 13.5 Å². The van der Waals surface area contributed by atoms with E-state index in [2.05, 4.69) is 15.4 Å². The molecule has 0 saturated carbocycles. The number of amides is 2. The third-order valence-corrected chi connectivity index (χ3v) is 1.45. The standard InChI is InChI=1S/C9H16N2O4/c1-3-15-9(14)4-5-10-8(13)6-11-7(2)12/h3-6H2,1-2H3,(H,10,13)(H,11,12). The zero-order valence-corrected chi connectivity index (χ0v) is 8.96. The van der Waals surface area contributed by atoms with E-state index >= 15 is 0 Å². The lowest BCUT2D eigenvalue weighted by Gasteiger charge is -2.05. The Labute approximate surface area is 88.4 Å². The first-order valence-electron chi connectivity index (χ1n) is 4.73. The normalized spacial score (nSPS) is 9.20. The molecule has 6 heteroatoms. The van der Waals surface area contributed by atoms with Gasteiger partial charge in [0.05, 0.1) is 19.6 Å². The first kappa shape index (κ1) is 13.4. The van der Waals surface area contributed by atoms with Gasteiger partial charge < -0.3 is 15.4 Å². The molecule has 0 saturated heterocycles. The van der Waals surface area contributed by atoms with Crippen molar-refractivity contribution in [3.63, 3.8) is 0 Å². The number of carbonyl (C=O) groups is 3. The van der Waals surface area contributed by atoms with Gasteiger partial charge in [-0.2, -0.15) is 0 Å². The summed E-state index contributed by atoms with van der Waals surface area (Å²) in [5.41, 5.74) is 0. The van der Waals surface area contributed by atoms with Crippen LogP contribution in [0.5, 0.6) is 0 Å². The molecule has 0 aliphatic heterocycles. The number of ether oxygens (including phenoxy) is 1. The summed E-state index contributed by atoms with van der Waals surface area (Å²) in [5.74, 6) is -0.942. The highest BCUT2D eigenvalue weighted by atomic mass is 16.5. The Morgan fingerprint density at radius 2 is 1.87 bits per heavy atom. The van der Waals surface area contributed by atoms with Gasteiger partial charge in [0.1, 0.15) is 0 Å². The van der Waals surface area contributed by atoms with Gasteiger partial charge in [-0.25, -0.2) is 0 Å². The summed E-state index contributed by atoms with van der Waals surface area (Å²) in [6.45, 7) is 3.52. The molecule has 0 aliphatic carbocycles. The fourth-order valence-electron chi connectivity index (χ4n) is 0.804. The van der Waals surface area contributed by atoms with E-state index < -0.39 is 0 Å². The van der Waals surface area contributed by atoms with Gasteiger partial charge in [-0.1, -0.05) is 0 Å². The molecule has 0 spiro atoms. The van der Waals surface area contributed by atoms with E-state index in [1.807, 2.05) is 0 Å². The van der Waals surface area contributed by atoms with Crippen LogP contribution in [0.15, 0.2) is 0 Å². The third kappa shape index (κ3) is 8.73. The minimum absolute atomic E-state index is 0.0713. The molecular formula is C9H16N2O4. The lowest BCUT2D eigenvalue weighted by Crippen LogP contribution is -2.36. The molecule has 2 N–H and O–H groups in total. The topological polar surface area (TPSA) is 84.5 Å². The van der Waals surface area contributed by atoms with Gasteiger partial charge in [-0.3, -0.25) is 14.4 Å². The number of hydrogen-bond acceptors (Lipinski definition) is 4. The summed E-state index contributed by atoms with van der Waals surface area (Å²) < 4.78 is 4.66. The summed E-state index contributed by atoms with van der Waals surface area (Å²) in [6.07, 6.45) is 0.139. The molecule has 0 atom stereocenters. The van der Waals surface area contributed by atoms with Gasteiger partial charge in [-0.15, -0.1) is 0 Å². The van der Waals surface area contributed by atoms with Crippen LogP contribution in [0, 0.1) is 0 Å².